The van der Waals surface area contributed by atoms with Gasteiger partial charge >= 0.3 is 6.01 Å². The lowest BCUT2D eigenvalue weighted by Gasteiger charge is -2.30. The predicted molar refractivity (Wildman–Crippen MR) is 117 cm³/mol. The molecule has 2 aromatic rings. The number of ether oxygens (including phenoxy) is 1. The molecule has 3 aliphatic rings. The van der Waals surface area contributed by atoms with Crippen molar-refractivity contribution in [3.05, 3.63) is 35.4 Å². The Labute approximate surface area is 188 Å². The van der Waals surface area contributed by atoms with Gasteiger partial charge in [-0.3, -0.25) is 0 Å². The van der Waals surface area contributed by atoms with E-state index >= 15 is 0 Å². The van der Waals surface area contributed by atoms with E-state index in [1.165, 1.54) is 38.3 Å². The predicted octanol–water partition coefficient (Wildman–Crippen LogP) is 3.95. The van der Waals surface area contributed by atoms with Crippen molar-refractivity contribution >= 4 is 15.9 Å². The third-order valence-electron chi connectivity index (χ3n) is 7.08. The minimum atomic E-state index is -3.54. The van der Waals surface area contributed by atoms with Crippen molar-refractivity contribution in [1.82, 2.24) is 10.1 Å². The van der Waals surface area contributed by atoms with Crippen LogP contribution in [-0.2, 0) is 21.2 Å². The average molecular weight is 464 g/mol. The zero-order valence-electron chi connectivity index (χ0n) is 18.4. The summed E-state index contributed by atoms with van der Waals surface area (Å²) < 4.78 is 49.2. The Morgan fingerprint density at radius 2 is 2.00 bits per heavy atom. The Bertz CT molecular complexity index is 1060. The van der Waals surface area contributed by atoms with Crippen molar-refractivity contribution in [2.24, 2.45) is 17.8 Å². The van der Waals surface area contributed by atoms with Crippen molar-refractivity contribution in [1.29, 1.82) is 0 Å². The Balaban J connectivity index is 1.05. The summed E-state index contributed by atoms with van der Waals surface area (Å²) in [5.74, 6) is 2.50. The van der Waals surface area contributed by atoms with Gasteiger partial charge in [-0.05, 0) is 67.6 Å². The van der Waals surface area contributed by atoms with Gasteiger partial charge in [-0.25, -0.2) is 12.8 Å². The minimum absolute atomic E-state index is 0.113. The first kappa shape index (κ1) is 21.8. The van der Waals surface area contributed by atoms with Gasteiger partial charge in [-0.15, -0.1) is 0 Å². The summed E-state index contributed by atoms with van der Waals surface area (Å²) >= 11 is 0. The lowest BCUT2D eigenvalue weighted by molar-refractivity contribution is 0.104. The van der Waals surface area contributed by atoms with Crippen LogP contribution in [0.25, 0.3) is 0 Å². The van der Waals surface area contributed by atoms with Gasteiger partial charge < -0.3 is 14.2 Å². The molecule has 1 aromatic heterocycles. The number of hydrogen-bond acceptors (Lipinski definition) is 7. The van der Waals surface area contributed by atoms with Crippen LogP contribution in [0, 0.1) is 23.6 Å². The van der Waals surface area contributed by atoms with E-state index in [-0.39, 0.29) is 10.6 Å². The molecule has 1 aliphatic heterocycles. The van der Waals surface area contributed by atoms with Gasteiger partial charge in [0.05, 0.1) is 19.0 Å². The zero-order valence-corrected chi connectivity index (χ0v) is 19.2. The van der Waals surface area contributed by atoms with Gasteiger partial charge in [0.2, 0.25) is 0 Å². The summed E-state index contributed by atoms with van der Waals surface area (Å²) in [6.45, 7) is 4.37. The van der Waals surface area contributed by atoms with Crippen LogP contribution in [0.15, 0.2) is 27.6 Å². The molecular formula is C23H30FN3O4S. The maximum Gasteiger partial charge on any atom is 0.324 e. The van der Waals surface area contributed by atoms with E-state index in [0.29, 0.717) is 48.5 Å². The van der Waals surface area contributed by atoms with Crippen LogP contribution in [0.2, 0.25) is 0 Å². The maximum atomic E-state index is 14.2. The fourth-order valence-corrected chi connectivity index (χ4v) is 5.73. The molecule has 0 amide bonds. The monoisotopic (exact) mass is 463 g/mol. The molecule has 2 aliphatic carbocycles. The van der Waals surface area contributed by atoms with Gasteiger partial charge in [-0.1, -0.05) is 18.1 Å². The summed E-state index contributed by atoms with van der Waals surface area (Å²) in [7, 11) is -3.54. The fraction of sp³-hybridized carbons (Fsp3) is 0.652. The van der Waals surface area contributed by atoms with Crippen molar-refractivity contribution in [2.75, 3.05) is 30.3 Å². The second kappa shape index (κ2) is 8.74. The van der Waals surface area contributed by atoms with Crippen LogP contribution in [0.4, 0.5) is 10.4 Å². The smallest absolute Gasteiger partial charge is 0.324 e. The molecule has 0 unspecified atom stereocenters. The second-order valence-corrected chi connectivity index (χ2v) is 11.6. The molecule has 5 rings (SSSR count). The van der Waals surface area contributed by atoms with E-state index in [9.17, 15) is 12.8 Å². The number of halogens is 1. The summed E-state index contributed by atoms with van der Waals surface area (Å²) in [5.41, 5.74) is 0.660. The largest absolute Gasteiger partial charge is 0.376 e. The molecule has 32 heavy (non-hydrogen) atoms. The molecule has 1 saturated heterocycles. The molecule has 0 radical (unpaired) electrons. The molecule has 9 heteroatoms. The fourth-order valence-electron chi connectivity index (χ4n) is 4.79. The molecule has 174 valence electrons. The minimum Gasteiger partial charge on any atom is -0.376 e. The highest BCUT2D eigenvalue weighted by Crippen LogP contribution is 2.48. The number of benzene rings is 1. The van der Waals surface area contributed by atoms with Gasteiger partial charge in [0.1, 0.15) is 10.7 Å². The lowest BCUT2D eigenvalue weighted by atomic mass is 9.91. The molecule has 3 fully saturated rings. The number of sulfone groups is 1. The van der Waals surface area contributed by atoms with Crippen molar-refractivity contribution in [3.8, 4) is 0 Å². The number of anilines is 1. The molecule has 0 N–H and O–H groups in total. The molecule has 1 aromatic carbocycles. The average Bonchev–Trinajstić information content (AvgIpc) is 3.72. The van der Waals surface area contributed by atoms with Crippen LogP contribution < -0.4 is 4.90 Å². The molecule has 0 bridgehead atoms. The maximum absolute atomic E-state index is 14.2. The molecule has 2 saturated carbocycles. The number of hydrogen-bond donors (Lipinski definition) is 0. The molecule has 0 spiro atoms. The zero-order chi connectivity index (χ0) is 22.3. The Hall–Kier alpha value is -2.00. The van der Waals surface area contributed by atoms with Gasteiger partial charge in [0.15, 0.2) is 15.7 Å². The van der Waals surface area contributed by atoms with Gasteiger partial charge in [0.25, 0.3) is 0 Å². The van der Waals surface area contributed by atoms with Crippen molar-refractivity contribution in [2.45, 2.75) is 56.4 Å². The van der Waals surface area contributed by atoms with Gasteiger partial charge in [-0.2, -0.15) is 4.98 Å². The Morgan fingerprint density at radius 3 is 2.69 bits per heavy atom. The number of nitrogens with zero attached hydrogens (tertiary/aromatic N) is 3. The highest BCUT2D eigenvalue weighted by atomic mass is 32.2. The van der Waals surface area contributed by atoms with E-state index in [4.69, 9.17) is 9.26 Å². The first-order valence-electron chi connectivity index (χ1n) is 11.6. The number of aromatic nitrogens is 2. The SMILES string of the molecule is CCS(=O)(=O)c1ccc(COC[C@@H]2C[C@@H]2C2CCN(c3nc(C4CC4)no3)CC2)cc1F. The van der Waals surface area contributed by atoms with Crippen LogP contribution in [-0.4, -0.2) is 44.0 Å². The second-order valence-electron chi connectivity index (χ2n) is 9.38. The first-order valence-corrected chi connectivity index (χ1v) is 13.3. The Kier molecular flexibility index (Phi) is 5.96. The number of piperidine rings is 1. The standard InChI is InChI=1S/C23H30FN3O4S/c1-2-32(28,29)21-6-3-15(11-20(21)24)13-30-14-18-12-19(18)16-7-9-27(10-8-16)23-25-22(26-31-23)17-4-5-17/h3,6,11,16-19H,2,4-5,7-10,12-14H2,1H3/t18-,19+/m0/s1. The summed E-state index contributed by atoms with van der Waals surface area (Å²) in [6, 6.07) is 4.93. The lowest BCUT2D eigenvalue weighted by Crippen LogP contribution is -2.34. The Morgan fingerprint density at radius 1 is 1.22 bits per heavy atom. The summed E-state index contributed by atoms with van der Waals surface area (Å²) in [5, 5.41) is 4.12. The molecule has 2 heterocycles. The summed E-state index contributed by atoms with van der Waals surface area (Å²) in [4.78, 5) is 6.54. The molecule has 7 nitrogen and oxygen atoms in total. The highest BCUT2D eigenvalue weighted by Gasteiger charge is 2.44. The third-order valence-corrected chi connectivity index (χ3v) is 8.84. The van der Waals surface area contributed by atoms with Crippen molar-refractivity contribution < 1.29 is 22.1 Å². The first-order chi connectivity index (χ1) is 15.4. The van der Waals surface area contributed by atoms with E-state index in [0.717, 1.165) is 31.8 Å². The summed E-state index contributed by atoms with van der Waals surface area (Å²) in [6.07, 6.45) is 5.78. The normalized spacial score (nSPS) is 24.1. The van der Waals surface area contributed by atoms with Gasteiger partial charge in [0, 0.05) is 19.0 Å². The van der Waals surface area contributed by atoms with E-state index in [1.54, 1.807) is 6.07 Å². The van der Waals surface area contributed by atoms with E-state index < -0.39 is 15.7 Å². The van der Waals surface area contributed by atoms with E-state index in [2.05, 4.69) is 15.0 Å². The molecular weight excluding hydrogens is 433 g/mol. The van der Waals surface area contributed by atoms with Crippen LogP contribution >= 0.6 is 0 Å². The van der Waals surface area contributed by atoms with Crippen molar-refractivity contribution in [3.63, 3.8) is 0 Å². The molecule has 2 atom stereocenters. The van der Waals surface area contributed by atoms with Crippen LogP contribution in [0.5, 0.6) is 0 Å². The van der Waals surface area contributed by atoms with E-state index in [1.807, 2.05) is 0 Å². The third kappa shape index (κ3) is 4.69. The number of rotatable bonds is 9. The highest BCUT2D eigenvalue weighted by molar-refractivity contribution is 7.91. The topological polar surface area (TPSA) is 85.5 Å². The van der Waals surface area contributed by atoms with Crippen LogP contribution in [0.1, 0.15) is 56.3 Å². The van der Waals surface area contributed by atoms with Crippen LogP contribution in [0.3, 0.4) is 0 Å². The quantitative estimate of drug-likeness (QED) is 0.557.